The number of nitrogen functional groups attached to an aromatic ring is 1. The van der Waals surface area contributed by atoms with Crippen LogP contribution in [0.3, 0.4) is 0 Å². The molecule has 2 heterocycles. The van der Waals surface area contributed by atoms with Crippen molar-refractivity contribution in [2.24, 2.45) is 0 Å². The van der Waals surface area contributed by atoms with Crippen molar-refractivity contribution in [3.8, 4) is 5.82 Å². The Morgan fingerprint density at radius 2 is 2.05 bits per heavy atom. The number of carbonyl (C=O) groups is 1. The molecule has 2 aromatic heterocycles. The lowest BCUT2D eigenvalue weighted by atomic mass is 10.1. The minimum atomic E-state index is -0.275. The van der Waals surface area contributed by atoms with Gasteiger partial charge in [0, 0.05) is 5.69 Å². The number of nitrogens with two attached hydrogens (primary N) is 1. The Labute approximate surface area is 120 Å². The van der Waals surface area contributed by atoms with Crippen LogP contribution in [0.1, 0.15) is 10.4 Å². The third kappa shape index (κ3) is 2.71. The Bertz CT molecular complexity index is 751. The van der Waals surface area contributed by atoms with Gasteiger partial charge < -0.3 is 11.1 Å². The van der Waals surface area contributed by atoms with Crippen molar-refractivity contribution in [3.05, 3.63) is 60.8 Å². The van der Waals surface area contributed by atoms with E-state index >= 15 is 0 Å². The molecule has 0 atom stereocenters. The van der Waals surface area contributed by atoms with Gasteiger partial charge in [-0.2, -0.15) is 5.10 Å². The van der Waals surface area contributed by atoms with Crippen LogP contribution >= 0.6 is 0 Å². The third-order valence-electron chi connectivity index (χ3n) is 2.86. The second-order valence-electron chi connectivity index (χ2n) is 4.29. The van der Waals surface area contributed by atoms with Gasteiger partial charge in [-0.05, 0) is 24.3 Å². The second kappa shape index (κ2) is 5.41. The fraction of sp³-hybridized carbons (Fsp3) is 0. The molecule has 104 valence electrons. The quantitative estimate of drug-likeness (QED) is 0.708. The Morgan fingerprint density at radius 3 is 2.71 bits per heavy atom. The van der Waals surface area contributed by atoms with Crippen LogP contribution in [0.4, 0.5) is 11.4 Å². The predicted molar refractivity (Wildman–Crippen MR) is 78.0 cm³/mol. The molecule has 0 bridgehead atoms. The van der Waals surface area contributed by atoms with E-state index in [4.69, 9.17) is 5.73 Å². The van der Waals surface area contributed by atoms with Crippen LogP contribution in [0, 0.1) is 0 Å². The lowest BCUT2D eigenvalue weighted by molar-refractivity contribution is 0.102. The van der Waals surface area contributed by atoms with Crippen LogP contribution in [0.25, 0.3) is 5.82 Å². The van der Waals surface area contributed by atoms with E-state index in [-0.39, 0.29) is 5.91 Å². The van der Waals surface area contributed by atoms with Crippen LogP contribution in [0.2, 0.25) is 0 Å². The van der Waals surface area contributed by atoms with Crippen LogP contribution in [-0.2, 0) is 0 Å². The van der Waals surface area contributed by atoms with Gasteiger partial charge in [-0.25, -0.2) is 14.6 Å². The Morgan fingerprint density at radius 1 is 1.19 bits per heavy atom. The molecule has 1 amide bonds. The summed E-state index contributed by atoms with van der Waals surface area (Å²) in [6.45, 7) is 0. The number of aromatic nitrogens is 4. The number of anilines is 2. The average Bonchev–Trinajstić information content (AvgIpc) is 3.02. The van der Waals surface area contributed by atoms with Crippen molar-refractivity contribution >= 4 is 17.3 Å². The highest BCUT2D eigenvalue weighted by Crippen LogP contribution is 2.14. The molecule has 3 N–H and O–H groups in total. The molecule has 0 fully saturated rings. The number of hydrogen-bond donors (Lipinski definition) is 2. The summed E-state index contributed by atoms with van der Waals surface area (Å²) in [6.07, 6.45) is 4.52. The molecule has 0 aliphatic heterocycles. The van der Waals surface area contributed by atoms with Crippen LogP contribution in [0.15, 0.2) is 55.2 Å². The van der Waals surface area contributed by atoms with Gasteiger partial charge in [-0.3, -0.25) is 4.79 Å². The number of para-hydroxylation sites is 1. The van der Waals surface area contributed by atoms with Crippen molar-refractivity contribution in [2.75, 3.05) is 11.1 Å². The zero-order valence-electron chi connectivity index (χ0n) is 11.0. The maximum absolute atomic E-state index is 12.1. The standard InChI is InChI=1S/C14H12N6O/c15-12-4-2-1-3-11(12)14(21)19-10-5-6-13(17-7-10)20-9-16-8-18-20/h1-9H,15H2,(H,19,21). The van der Waals surface area contributed by atoms with Gasteiger partial charge in [-0.15, -0.1) is 0 Å². The minimum Gasteiger partial charge on any atom is -0.398 e. The highest BCUT2D eigenvalue weighted by molar-refractivity contribution is 6.07. The van der Waals surface area contributed by atoms with E-state index in [1.165, 1.54) is 11.0 Å². The monoisotopic (exact) mass is 280 g/mol. The van der Waals surface area contributed by atoms with Crippen molar-refractivity contribution in [2.45, 2.75) is 0 Å². The molecule has 3 rings (SSSR count). The molecule has 21 heavy (non-hydrogen) atoms. The zero-order valence-corrected chi connectivity index (χ0v) is 11.0. The first-order valence-corrected chi connectivity index (χ1v) is 6.21. The predicted octanol–water partition coefficient (Wildman–Crippen LogP) is 1.50. The van der Waals surface area contributed by atoms with Gasteiger partial charge in [0.15, 0.2) is 5.82 Å². The highest BCUT2D eigenvalue weighted by Gasteiger charge is 2.09. The molecular weight excluding hydrogens is 268 g/mol. The second-order valence-corrected chi connectivity index (χ2v) is 4.29. The SMILES string of the molecule is Nc1ccccc1C(=O)Nc1ccc(-n2cncn2)nc1. The van der Waals surface area contributed by atoms with Gasteiger partial charge in [-0.1, -0.05) is 12.1 Å². The number of pyridine rings is 1. The summed E-state index contributed by atoms with van der Waals surface area (Å²) < 4.78 is 1.53. The highest BCUT2D eigenvalue weighted by atomic mass is 16.1. The molecule has 7 heteroatoms. The molecule has 0 saturated heterocycles. The maximum atomic E-state index is 12.1. The molecule has 0 aliphatic carbocycles. The summed E-state index contributed by atoms with van der Waals surface area (Å²) in [5.41, 5.74) is 7.21. The van der Waals surface area contributed by atoms with E-state index in [0.717, 1.165) is 0 Å². The molecule has 7 nitrogen and oxygen atoms in total. The minimum absolute atomic E-state index is 0.275. The average molecular weight is 280 g/mol. The molecule has 0 unspecified atom stereocenters. The van der Waals surface area contributed by atoms with Gasteiger partial charge in [0.1, 0.15) is 12.7 Å². The maximum Gasteiger partial charge on any atom is 0.257 e. The smallest absolute Gasteiger partial charge is 0.257 e. The number of benzene rings is 1. The zero-order chi connectivity index (χ0) is 14.7. The van der Waals surface area contributed by atoms with Gasteiger partial charge in [0.05, 0.1) is 17.4 Å². The summed E-state index contributed by atoms with van der Waals surface area (Å²) in [6, 6.07) is 10.4. The Hall–Kier alpha value is -3.22. The number of rotatable bonds is 3. The number of amides is 1. The van der Waals surface area contributed by atoms with E-state index in [1.54, 1.807) is 48.9 Å². The van der Waals surface area contributed by atoms with Gasteiger partial charge in [0.25, 0.3) is 5.91 Å². The fourth-order valence-corrected chi connectivity index (χ4v) is 1.82. The Balaban J connectivity index is 1.77. The molecule has 0 radical (unpaired) electrons. The number of hydrogen-bond acceptors (Lipinski definition) is 5. The number of nitrogens with zero attached hydrogens (tertiary/aromatic N) is 4. The first kappa shape index (κ1) is 12.8. The summed E-state index contributed by atoms with van der Waals surface area (Å²) in [5, 5.41) is 6.72. The lowest BCUT2D eigenvalue weighted by Crippen LogP contribution is -2.14. The van der Waals surface area contributed by atoms with Crippen LogP contribution in [0.5, 0.6) is 0 Å². The molecular formula is C14H12N6O. The van der Waals surface area contributed by atoms with Crippen molar-refractivity contribution in [1.82, 2.24) is 19.7 Å². The van der Waals surface area contributed by atoms with E-state index in [0.29, 0.717) is 22.8 Å². The van der Waals surface area contributed by atoms with E-state index in [1.807, 2.05) is 0 Å². The first-order chi connectivity index (χ1) is 10.2. The molecule has 0 aliphatic rings. The first-order valence-electron chi connectivity index (χ1n) is 6.21. The van der Waals surface area contributed by atoms with E-state index in [9.17, 15) is 4.79 Å². The third-order valence-corrected chi connectivity index (χ3v) is 2.86. The molecule has 3 aromatic rings. The summed E-state index contributed by atoms with van der Waals surface area (Å²) in [4.78, 5) is 20.2. The van der Waals surface area contributed by atoms with Crippen molar-refractivity contribution in [1.29, 1.82) is 0 Å². The summed E-state index contributed by atoms with van der Waals surface area (Å²) in [5.74, 6) is 0.341. The van der Waals surface area contributed by atoms with Gasteiger partial charge in [0.2, 0.25) is 0 Å². The topological polar surface area (TPSA) is 98.7 Å². The van der Waals surface area contributed by atoms with E-state index in [2.05, 4.69) is 20.4 Å². The van der Waals surface area contributed by atoms with Crippen LogP contribution in [-0.4, -0.2) is 25.7 Å². The molecule has 0 spiro atoms. The normalized spacial score (nSPS) is 10.3. The number of nitrogens with one attached hydrogen (secondary N) is 1. The van der Waals surface area contributed by atoms with Crippen LogP contribution < -0.4 is 11.1 Å². The van der Waals surface area contributed by atoms with Gasteiger partial charge >= 0.3 is 0 Å². The summed E-state index contributed by atoms with van der Waals surface area (Å²) in [7, 11) is 0. The summed E-state index contributed by atoms with van der Waals surface area (Å²) >= 11 is 0. The largest absolute Gasteiger partial charge is 0.398 e. The fourth-order valence-electron chi connectivity index (χ4n) is 1.82. The lowest BCUT2D eigenvalue weighted by Gasteiger charge is -2.07. The number of carbonyl (C=O) groups excluding carboxylic acids is 1. The Kier molecular flexibility index (Phi) is 3.30. The van der Waals surface area contributed by atoms with Crippen molar-refractivity contribution < 1.29 is 4.79 Å². The molecule has 1 aromatic carbocycles. The van der Waals surface area contributed by atoms with Crippen molar-refractivity contribution in [3.63, 3.8) is 0 Å². The van der Waals surface area contributed by atoms with E-state index < -0.39 is 0 Å². The molecule has 0 saturated carbocycles.